The minimum absolute atomic E-state index is 0.230. The van der Waals surface area contributed by atoms with Gasteiger partial charge < -0.3 is 10.4 Å². The number of aliphatic carboxylic acids is 1. The second-order valence-electron chi connectivity index (χ2n) is 3.84. The highest BCUT2D eigenvalue weighted by Gasteiger charge is 2.13. The molecule has 1 atom stereocenters. The molecule has 1 aromatic rings. The number of nitrogens with zero attached hydrogens (tertiary/aromatic N) is 1. The number of aromatic nitrogens is 1. The van der Waals surface area contributed by atoms with Crippen molar-refractivity contribution in [2.45, 2.75) is 39.2 Å². The Morgan fingerprint density at radius 2 is 2.29 bits per heavy atom. The van der Waals surface area contributed by atoms with E-state index >= 15 is 0 Å². The maximum absolute atomic E-state index is 11.4. The van der Waals surface area contributed by atoms with Gasteiger partial charge in [0.2, 0.25) is 5.91 Å². The lowest BCUT2D eigenvalue weighted by Crippen LogP contribution is -2.38. The van der Waals surface area contributed by atoms with Crippen LogP contribution < -0.4 is 5.32 Å². The van der Waals surface area contributed by atoms with E-state index in [1.54, 1.807) is 11.3 Å². The largest absolute Gasteiger partial charge is 0.480 e. The van der Waals surface area contributed by atoms with Crippen molar-refractivity contribution >= 4 is 23.2 Å². The summed E-state index contributed by atoms with van der Waals surface area (Å²) in [4.78, 5) is 26.2. The van der Waals surface area contributed by atoms with Crippen molar-refractivity contribution in [2.75, 3.05) is 0 Å². The molecule has 1 heterocycles. The van der Waals surface area contributed by atoms with Crippen LogP contribution in [0.2, 0.25) is 0 Å². The summed E-state index contributed by atoms with van der Waals surface area (Å²) in [5, 5.41) is 14.0. The van der Waals surface area contributed by atoms with Gasteiger partial charge in [0, 0.05) is 11.8 Å². The number of hydrogen-bond donors (Lipinski definition) is 2. The summed E-state index contributed by atoms with van der Waals surface area (Å²) in [6.45, 7) is 3.39. The first-order chi connectivity index (χ1) is 7.99. The minimum atomic E-state index is -1.02. The molecule has 0 unspecified atom stereocenters. The molecule has 5 nitrogen and oxygen atoms in total. The average Bonchev–Trinajstić information content (AvgIpc) is 2.64. The number of carboxylic acids is 1. The Hall–Kier alpha value is -1.43. The van der Waals surface area contributed by atoms with Crippen molar-refractivity contribution < 1.29 is 14.7 Å². The Bertz CT molecular complexity index is 403. The Labute approximate surface area is 104 Å². The van der Waals surface area contributed by atoms with E-state index < -0.39 is 12.0 Å². The van der Waals surface area contributed by atoms with E-state index in [0.29, 0.717) is 12.8 Å². The molecule has 2 N–H and O–H groups in total. The van der Waals surface area contributed by atoms with Crippen LogP contribution >= 0.6 is 11.3 Å². The monoisotopic (exact) mass is 256 g/mol. The maximum Gasteiger partial charge on any atom is 0.325 e. The summed E-state index contributed by atoms with van der Waals surface area (Å²) in [6.07, 6.45) is 1.76. The quantitative estimate of drug-likeness (QED) is 0.805. The number of carbonyl (C=O) groups excluding carboxylic acids is 1. The van der Waals surface area contributed by atoms with Gasteiger partial charge in [-0.05, 0) is 26.7 Å². The van der Waals surface area contributed by atoms with Crippen molar-refractivity contribution in [2.24, 2.45) is 0 Å². The SMILES string of the molecule is Cc1nc(CCCC(=O)N[C@H](C)C(=O)O)cs1. The van der Waals surface area contributed by atoms with Crippen molar-refractivity contribution in [1.29, 1.82) is 0 Å². The molecule has 0 radical (unpaired) electrons. The normalized spacial score (nSPS) is 12.1. The summed E-state index contributed by atoms with van der Waals surface area (Å²) in [5.41, 5.74) is 0.992. The van der Waals surface area contributed by atoms with E-state index in [1.807, 2.05) is 12.3 Å². The second-order valence-corrected chi connectivity index (χ2v) is 4.90. The third-order valence-corrected chi connectivity index (χ3v) is 3.07. The molecule has 1 rings (SSSR count). The Morgan fingerprint density at radius 1 is 1.59 bits per heavy atom. The predicted molar refractivity (Wildman–Crippen MR) is 65.0 cm³/mol. The second kappa shape index (κ2) is 6.34. The lowest BCUT2D eigenvalue weighted by molar-refractivity contribution is -0.141. The van der Waals surface area contributed by atoms with Crippen molar-refractivity contribution in [3.63, 3.8) is 0 Å². The molecule has 94 valence electrons. The molecular weight excluding hydrogens is 240 g/mol. The number of aryl methyl sites for hydroxylation is 2. The van der Waals surface area contributed by atoms with Crippen molar-refractivity contribution in [3.05, 3.63) is 16.1 Å². The third-order valence-electron chi connectivity index (χ3n) is 2.25. The standard InChI is InChI=1S/C11H16N2O3S/c1-7(11(15)16)12-10(14)5-3-4-9-6-17-8(2)13-9/h6-7H,3-5H2,1-2H3,(H,12,14)(H,15,16)/t7-/m1/s1. The number of nitrogens with one attached hydrogen (secondary N) is 1. The van der Waals surface area contributed by atoms with Gasteiger partial charge in [0.05, 0.1) is 10.7 Å². The molecule has 0 aliphatic heterocycles. The zero-order valence-corrected chi connectivity index (χ0v) is 10.7. The number of amides is 1. The lowest BCUT2D eigenvalue weighted by atomic mass is 10.2. The summed E-state index contributed by atoms with van der Waals surface area (Å²) in [6, 6.07) is -0.830. The van der Waals surface area contributed by atoms with Gasteiger partial charge in [-0.25, -0.2) is 4.98 Å². The summed E-state index contributed by atoms with van der Waals surface area (Å²) in [7, 11) is 0. The fourth-order valence-corrected chi connectivity index (χ4v) is 1.98. The van der Waals surface area contributed by atoms with Gasteiger partial charge in [-0.3, -0.25) is 9.59 Å². The van der Waals surface area contributed by atoms with Crippen LogP contribution in [-0.2, 0) is 16.0 Å². The molecule has 0 spiro atoms. The highest BCUT2D eigenvalue weighted by atomic mass is 32.1. The molecule has 0 aliphatic carbocycles. The first-order valence-corrected chi connectivity index (χ1v) is 6.30. The molecule has 0 fully saturated rings. The molecule has 0 bridgehead atoms. The van der Waals surface area contributed by atoms with Crippen LogP contribution in [0.5, 0.6) is 0 Å². The van der Waals surface area contributed by atoms with Crippen LogP contribution in [0.1, 0.15) is 30.5 Å². The van der Waals surface area contributed by atoms with Gasteiger partial charge in [0.15, 0.2) is 0 Å². The Kier molecular flexibility index (Phi) is 5.09. The molecule has 6 heteroatoms. The zero-order valence-electron chi connectivity index (χ0n) is 9.90. The van der Waals surface area contributed by atoms with E-state index in [4.69, 9.17) is 5.11 Å². The van der Waals surface area contributed by atoms with E-state index in [9.17, 15) is 9.59 Å². The van der Waals surface area contributed by atoms with Gasteiger partial charge in [0.25, 0.3) is 0 Å². The molecule has 0 aromatic carbocycles. The number of rotatable bonds is 6. The molecule has 1 amide bonds. The van der Waals surface area contributed by atoms with E-state index in [-0.39, 0.29) is 5.91 Å². The van der Waals surface area contributed by atoms with Gasteiger partial charge in [-0.15, -0.1) is 11.3 Å². The first kappa shape index (κ1) is 13.6. The molecule has 1 aromatic heterocycles. The average molecular weight is 256 g/mol. The summed E-state index contributed by atoms with van der Waals surface area (Å²) < 4.78 is 0. The van der Waals surface area contributed by atoms with Crippen molar-refractivity contribution in [1.82, 2.24) is 10.3 Å². The Balaban J connectivity index is 2.22. The smallest absolute Gasteiger partial charge is 0.325 e. The van der Waals surface area contributed by atoms with Gasteiger partial charge in [-0.2, -0.15) is 0 Å². The van der Waals surface area contributed by atoms with E-state index in [1.165, 1.54) is 6.92 Å². The van der Waals surface area contributed by atoms with Gasteiger partial charge in [0.1, 0.15) is 6.04 Å². The third kappa shape index (κ3) is 4.95. The molecule has 0 saturated carbocycles. The summed E-state index contributed by atoms with van der Waals surface area (Å²) in [5.74, 6) is -1.25. The van der Waals surface area contributed by atoms with E-state index in [2.05, 4.69) is 10.3 Å². The van der Waals surface area contributed by atoms with Crippen LogP contribution in [0.3, 0.4) is 0 Å². The number of hydrogen-bond acceptors (Lipinski definition) is 4. The van der Waals surface area contributed by atoms with Crippen LogP contribution in [0.4, 0.5) is 0 Å². The van der Waals surface area contributed by atoms with Crippen molar-refractivity contribution in [3.8, 4) is 0 Å². The molecular formula is C11H16N2O3S. The van der Waals surface area contributed by atoms with Gasteiger partial charge >= 0.3 is 5.97 Å². The zero-order chi connectivity index (χ0) is 12.8. The highest BCUT2D eigenvalue weighted by molar-refractivity contribution is 7.09. The minimum Gasteiger partial charge on any atom is -0.480 e. The van der Waals surface area contributed by atoms with Crippen LogP contribution in [0, 0.1) is 6.92 Å². The number of carboxylic acid groups (broad SMARTS) is 1. The molecule has 0 saturated heterocycles. The molecule has 17 heavy (non-hydrogen) atoms. The molecule has 0 aliphatic rings. The fourth-order valence-electron chi connectivity index (χ4n) is 1.33. The highest BCUT2D eigenvalue weighted by Crippen LogP contribution is 2.10. The van der Waals surface area contributed by atoms with Gasteiger partial charge in [-0.1, -0.05) is 0 Å². The number of thiazole rings is 1. The van der Waals surface area contributed by atoms with Crippen LogP contribution in [0.15, 0.2) is 5.38 Å². The maximum atomic E-state index is 11.4. The predicted octanol–water partition coefficient (Wildman–Crippen LogP) is 1.36. The van der Waals surface area contributed by atoms with E-state index in [0.717, 1.165) is 17.1 Å². The Morgan fingerprint density at radius 3 is 2.82 bits per heavy atom. The van der Waals surface area contributed by atoms with Crippen LogP contribution in [-0.4, -0.2) is 28.0 Å². The fraction of sp³-hybridized carbons (Fsp3) is 0.545. The topological polar surface area (TPSA) is 79.3 Å². The lowest BCUT2D eigenvalue weighted by Gasteiger charge is -2.08. The first-order valence-electron chi connectivity index (χ1n) is 5.42. The van der Waals surface area contributed by atoms with Crippen LogP contribution in [0.25, 0.3) is 0 Å². The summed E-state index contributed by atoms with van der Waals surface area (Å²) >= 11 is 1.59. The number of carbonyl (C=O) groups is 2.